The molecule has 0 aromatic carbocycles. The number of unbranched alkanes of at least 4 members (excludes halogenated alkanes) is 3. The predicted molar refractivity (Wildman–Crippen MR) is 63.8 cm³/mol. The molecule has 0 heterocycles. The molecule has 0 rings (SSSR count). The number of hydrogen-bond acceptors (Lipinski definition) is 1. The maximum absolute atomic E-state index is 10.1. The summed E-state index contributed by atoms with van der Waals surface area (Å²) in [5, 5.41) is 8.32. The van der Waals surface area contributed by atoms with Crippen molar-refractivity contribution < 1.29 is 9.90 Å². The van der Waals surface area contributed by atoms with E-state index in [1.54, 1.807) is 12.2 Å². The average molecular weight is 210 g/mol. The minimum Gasteiger partial charge on any atom is -0.478 e. The van der Waals surface area contributed by atoms with Crippen molar-refractivity contribution in [3.05, 3.63) is 24.3 Å². The van der Waals surface area contributed by atoms with Gasteiger partial charge in [-0.15, -0.1) is 0 Å². The number of hydrogen-bond donors (Lipinski definition) is 1. The summed E-state index contributed by atoms with van der Waals surface area (Å²) < 4.78 is 0. The zero-order valence-corrected chi connectivity index (χ0v) is 9.78. The summed E-state index contributed by atoms with van der Waals surface area (Å²) in [6, 6.07) is 0. The summed E-state index contributed by atoms with van der Waals surface area (Å²) in [4.78, 5) is 10.1. The molecule has 15 heavy (non-hydrogen) atoms. The second-order valence-corrected chi connectivity index (χ2v) is 4.16. The van der Waals surface area contributed by atoms with Crippen LogP contribution in [-0.2, 0) is 4.79 Å². The van der Waals surface area contributed by atoms with Gasteiger partial charge in [-0.2, -0.15) is 0 Å². The normalized spacial score (nSPS) is 11.9. The Morgan fingerprint density at radius 3 is 2.53 bits per heavy atom. The smallest absolute Gasteiger partial charge is 0.328 e. The predicted octanol–water partition coefficient (Wildman–Crippen LogP) is 3.79. The molecule has 0 bridgehead atoms. The Bertz CT molecular complexity index is 215. The standard InChI is InChI=1S/C13H22O2/c1-12(2)10-8-6-4-3-5-7-9-11-13(14)15/h5,7,9,11-12H,3-4,6,8,10H2,1-2H3,(H,14,15)/b7-5+,11-9+. The van der Waals surface area contributed by atoms with Crippen LogP contribution in [-0.4, -0.2) is 11.1 Å². The second kappa shape index (κ2) is 9.50. The van der Waals surface area contributed by atoms with Crippen LogP contribution in [0.1, 0.15) is 46.0 Å². The number of carbonyl (C=O) groups is 1. The molecular weight excluding hydrogens is 188 g/mol. The van der Waals surface area contributed by atoms with Crippen LogP contribution in [0.5, 0.6) is 0 Å². The van der Waals surface area contributed by atoms with Gasteiger partial charge in [0.2, 0.25) is 0 Å². The van der Waals surface area contributed by atoms with Crippen LogP contribution >= 0.6 is 0 Å². The summed E-state index contributed by atoms with van der Waals surface area (Å²) in [5.74, 6) is -0.0874. The fourth-order valence-electron chi connectivity index (χ4n) is 1.30. The maximum atomic E-state index is 10.1. The molecule has 0 saturated heterocycles. The highest BCUT2D eigenvalue weighted by molar-refractivity contribution is 5.80. The van der Waals surface area contributed by atoms with E-state index in [9.17, 15) is 4.79 Å². The third kappa shape index (κ3) is 12.9. The van der Waals surface area contributed by atoms with Crippen molar-refractivity contribution in [2.75, 3.05) is 0 Å². The molecule has 86 valence electrons. The van der Waals surface area contributed by atoms with Gasteiger partial charge in [0, 0.05) is 6.08 Å². The van der Waals surface area contributed by atoms with Crippen molar-refractivity contribution in [1.29, 1.82) is 0 Å². The van der Waals surface area contributed by atoms with E-state index in [0.29, 0.717) is 0 Å². The number of rotatable bonds is 8. The molecule has 0 aromatic rings. The molecule has 1 N–H and O–H groups in total. The summed E-state index contributed by atoms with van der Waals surface area (Å²) in [5.41, 5.74) is 0. The maximum Gasteiger partial charge on any atom is 0.328 e. The third-order valence-corrected chi connectivity index (χ3v) is 2.14. The van der Waals surface area contributed by atoms with E-state index < -0.39 is 5.97 Å². The molecule has 2 nitrogen and oxygen atoms in total. The topological polar surface area (TPSA) is 37.3 Å². The monoisotopic (exact) mass is 210 g/mol. The van der Waals surface area contributed by atoms with Crippen molar-refractivity contribution in [2.45, 2.75) is 46.0 Å². The highest BCUT2D eigenvalue weighted by atomic mass is 16.4. The van der Waals surface area contributed by atoms with Gasteiger partial charge in [-0.05, 0) is 18.8 Å². The first-order chi connectivity index (χ1) is 7.13. The van der Waals surface area contributed by atoms with E-state index in [1.807, 2.05) is 6.08 Å². The van der Waals surface area contributed by atoms with Crippen LogP contribution in [0.25, 0.3) is 0 Å². The minimum atomic E-state index is -0.892. The van der Waals surface area contributed by atoms with Crippen molar-refractivity contribution in [2.24, 2.45) is 5.92 Å². The Morgan fingerprint density at radius 1 is 1.20 bits per heavy atom. The lowest BCUT2D eigenvalue weighted by atomic mass is 10.0. The van der Waals surface area contributed by atoms with Gasteiger partial charge < -0.3 is 5.11 Å². The van der Waals surface area contributed by atoms with Crippen molar-refractivity contribution >= 4 is 5.97 Å². The highest BCUT2D eigenvalue weighted by Gasteiger charge is 1.92. The third-order valence-electron chi connectivity index (χ3n) is 2.14. The van der Waals surface area contributed by atoms with Gasteiger partial charge >= 0.3 is 5.97 Å². The van der Waals surface area contributed by atoms with Gasteiger partial charge in [-0.25, -0.2) is 4.79 Å². The lowest BCUT2D eigenvalue weighted by Gasteiger charge is -2.02. The van der Waals surface area contributed by atoms with Crippen LogP contribution in [0.4, 0.5) is 0 Å². The van der Waals surface area contributed by atoms with Crippen molar-refractivity contribution in [3.8, 4) is 0 Å². The van der Waals surface area contributed by atoms with Crippen LogP contribution in [0.15, 0.2) is 24.3 Å². The van der Waals surface area contributed by atoms with E-state index in [-0.39, 0.29) is 0 Å². The van der Waals surface area contributed by atoms with E-state index in [4.69, 9.17) is 5.11 Å². The molecule has 0 aliphatic heterocycles. The molecule has 0 saturated carbocycles. The molecule has 0 atom stereocenters. The summed E-state index contributed by atoms with van der Waals surface area (Å²) in [7, 11) is 0. The van der Waals surface area contributed by atoms with Crippen LogP contribution in [0.2, 0.25) is 0 Å². The fraction of sp³-hybridized carbons (Fsp3) is 0.615. The van der Waals surface area contributed by atoms with Crippen molar-refractivity contribution in [1.82, 2.24) is 0 Å². The lowest BCUT2D eigenvalue weighted by Crippen LogP contribution is -1.86. The zero-order valence-electron chi connectivity index (χ0n) is 9.78. The van der Waals surface area contributed by atoms with Gasteiger partial charge in [0.1, 0.15) is 0 Å². The molecule has 2 heteroatoms. The SMILES string of the molecule is CC(C)CCCCC/C=C/C=C/C(=O)O. The van der Waals surface area contributed by atoms with E-state index >= 15 is 0 Å². The molecule has 0 aliphatic rings. The molecule has 0 amide bonds. The Labute approximate surface area is 92.7 Å². The van der Waals surface area contributed by atoms with Crippen LogP contribution in [0.3, 0.4) is 0 Å². The highest BCUT2D eigenvalue weighted by Crippen LogP contribution is 2.09. The van der Waals surface area contributed by atoms with Gasteiger partial charge in [0.15, 0.2) is 0 Å². The summed E-state index contributed by atoms with van der Waals surface area (Å²) in [6.45, 7) is 4.49. The van der Waals surface area contributed by atoms with E-state index in [1.165, 1.54) is 25.7 Å². The second-order valence-electron chi connectivity index (χ2n) is 4.16. The zero-order chi connectivity index (χ0) is 11.5. The molecule has 0 aliphatic carbocycles. The first-order valence-corrected chi connectivity index (χ1v) is 5.69. The number of aliphatic carboxylic acids is 1. The van der Waals surface area contributed by atoms with Gasteiger partial charge in [0.05, 0.1) is 0 Å². The summed E-state index contributed by atoms with van der Waals surface area (Å²) in [6.07, 6.45) is 12.7. The van der Waals surface area contributed by atoms with E-state index in [0.717, 1.165) is 18.4 Å². The quantitative estimate of drug-likeness (QED) is 0.376. The lowest BCUT2D eigenvalue weighted by molar-refractivity contribution is -0.131. The molecule has 0 fully saturated rings. The molecule has 0 unspecified atom stereocenters. The Morgan fingerprint density at radius 2 is 1.93 bits per heavy atom. The Balaban J connectivity index is 3.27. The molecule has 0 aromatic heterocycles. The van der Waals surface area contributed by atoms with Gasteiger partial charge in [-0.3, -0.25) is 0 Å². The first-order valence-electron chi connectivity index (χ1n) is 5.69. The fourth-order valence-corrected chi connectivity index (χ4v) is 1.30. The minimum absolute atomic E-state index is 0.805. The number of allylic oxidation sites excluding steroid dienone is 3. The molecular formula is C13H22O2. The van der Waals surface area contributed by atoms with Gasteiger partial charge in [0.25, 0.3) is 0 Å². The Kier molecular flexibility index (Phi) is 8.84. The number of carboxylic acids is 1. The summed E-state index contributed by atoms with van der Waals surface area (Å²) >= 11 is 0. The average Bonchev–Trinajstić information content (AvgIpc) is 2.14. The van der Waals surface area contributed by atoms with E-state index in [2.05, 4.69) is 13.8 Å². The Hall–Kier alpha value is -1.05. The van der Waals surface area contributed by atoms with Crippen molar-refractivity contribution in [3.63, 3.8) is 0 Å². The number of carboxylic acid groups (broad SMARTS) is 1. The first kappa shape index (κ1) is 13.9. The molecule has 0 radical (unpaired) electrons. The van der Waals surface area contributed by atoms with Crippen LogP contribution < -0.4 is 0 Å². The van der Waals surface area contributed by atoms with Gasteiger partial charge in [-0.1, -0.05) is 51.3 Å². The van der Waals surface area contributed by atoms with Crippen LogP contribution in [0, 0.1) is 5.92 Å². The largest absolute Gasteiger partial charge is 0.478 e. The molecule has 0 spiro atoms.